The van der Waals surface area contributed by atoms with Gasteiger partial charge in [-0.1, -0.05) is 48.4 Å². The Hall–Kier alpha value is -2.04. The summed E-state index contributed by atoms with van der Waals surface area (Å²) in [4.78, 5) is 22.4. The van der Waals surface area contributed by atoms with Gasteiger partial charge in [-0.2, -0.15) is 0 Å². The van der Waals surface area contributed by atoms with E-state index in [4.69, 9.17) is 11.6 Å². The van der Waals surface area contributed by atoms with Crippen molar-refractivity contribution in [2.24, 2.45) is 0 Å². The first kappa shape index (κ1) is 22.6. The van der Waals surface area contributed by atoms with Crippen LogP contribution in [0.1, 0.15) is 35.0 Å². The predicted molar refractivity (Wildman–Crippen MR) is 113 cm³/mol. The molecule has 30 heavy (non-hydrogen) atoms. The molecule has 2 aromatic rings. The van der Waals surface area contributed by atoms with Crippen LogP contribution in [0.25, 0.3) is 0 Å². The molecule has 0 spiro atoms. The molecule has 3 rings (SSSR count). The van der Waals surface area contributed by atoms with Crippen LogP contribution < -0.4 is 0 Å². The summed E-state index contributed by atoms with van der Waals surface area (Å²) in [5.41, 5.74) is 1.60. The number of carbonyl (C=O) groups excluding carboxylic acids is 1. The molecule has 162 valence electrons. The van der Waals surface area contributed by atoms with E-state index in [9.17, 15) is 21.6 Å². The largest absolute Gasteiger partial charge is 0.329 e. The van der Waals surface area contributed by atoms with Crippen LogP contribution in [0.4, 0.5) is 0 Å². The molecule has 11 heteroatoms. The first-order chi connectivity index (χ1) is 14.0. The Balaban J connectivity index is 2.01. The van der Waals surface area contributed by atoms with Crippen molar-refractivity contribution in [1.82, 2.24) is 14.9 Å². The molecule has 1 fully saturated rings. The van der Waals surface area contributed by atoms with E-state index in [1.54, 1.807) is 0 Å². The summed E-state index contributed by atoms with van der Waals surface area (Å²) < 4.78 is 48.3. The molecule has 1 aromatic heterocycles. The first-order valence-electron chi connectivity index (χ1n) is 9.34. The zero-order chi connectivity index (χ0) is 22.1. The van der Waals surface area contributed by atoms with Gasteiger partial charge in [0.05, 0.1) is 28.5 Å². The molecule has 1 atom stereocenters. The smallest absolute Gasteiger partial charge is 0.274 e. The van der Waals surface area contributed by atoms with Crippen molar-refractivity contribution in [3.8, 4) is 0 Å². The lowest BCUT2D eigenvalue weighted by atomic mass is 10.1. The normalized spacial score (nSPS) is 18.3. The summed E-state index contributed by atoms with van der Waals surface area (Å²) >= 11 is 6.13. The van der Waals surface area contributed by atoms with Gasteiger partial charge in [0.1, 0.15) is 0 Å². The number of carbonyl (C=O) groups is 1. The van der Waals surface area contributed by atoms with Crippen molar-refractivity contribution in [1.29, 1.82) is 0 Å². The summed E-state index contributed by atoms with van der Waals surface area (Å²) in [7, 11) is -7.00. The second-order valence-corrected chi connectivity index (χ2v) is 12.0. The van der Waals surface area contributed by atoms with Crippen LogP contribution in [-0.2, 0) is 26.2 Å². The Bertz CT molecular complexity index is 1170. The predicted octanol–water partition coefficient (Wildman–Crippen LogP) is 2.06. The number of sulfone groups is 2. The Morgan fingerprint density at radius 2 is 1.93 bits per heavy atom. The van der Waals surface area contributed by atoms with Crippen molar-refractivity contribution in [3.63, 3.8) is 0 Å². The average Bonchev–Trinajstić information content (AvgIpc) is 3.06. The van der Waals surface area contributed by atoms with Gasteiger partial charge in [-0.15, -0.1) is 0 Å². The molecule has 0 aliphatic carbocycles. The van der Waals surface area contributed by atoms with Gasteiger partial charge < -0.3 is 4.90 Å². The number of hydrogen-bond acceptors (Lipinski definition) is 7. The molecule has 0 radical (unpaired) electrons. The van der Waals surface area contributed by atoms with Crippen molar-refractivity contribution in [2.75, 3.05) is 17.3 Å². The van der Waals surface area contributed by atoms with Crippen LogP contribution in [0.5, 0.6) is 0 Å². The van der Waals surface area contributed by atoms with E-state index >= 15 is 0 Å². The fraction of sp³-hybridized carbons (Fsp3) is 0.421. The zero-order valence-electron chi connectivity index (χ0n) is 16.6. The fourth-order valence-corrected chi connectivity index (χ4v) is 5.80. The maximum absolute atomic E-state index is 13.4. The molecule has 1 aliphatic heterocycles. The number of halogens is 1. The number of amides is 1. The van der Waals surface area contributed by atoms with Gasteiger partial charge in [0.25, 0.3) is 5.91 Å². The monoisotopic (exact) mass is 471 g/mol. The van der Waals surface area contributed by atoms with E-state index in [2.05, 4.69) is 9.97 Å². The van der Waals surface area contributed by atoms with E-state index < -0.39 is 36.8 Å². The second-order valence-electron chi connectivity index (χ2n) is 7.23. The number of hydrogen-bond donors (Lipinski definition) is 0. The maximum atomic E-state index is 13.4. The van der Waals surface area contributed by atoms with E-state index in [1.807, 2.05) is 31.2 Å². The van der Waals surface area contributed by atoms with Crippen molar-refractivity contribution in [3.05, 3.63) is 52.3 Å². The van der Waals surface area contributed by atoms with Crippen LogP contribution in [0.15, 0.2) is 35.6 Å². The highest BCUT2D eigenvalue weighted by Crippen LogP contribution is 2.25. The fourth-order valence-electron chi connectivity index (χ4n) is 3.19. The topological polar surface area (TPSA) is 114 Å². The van der Waals surface area contributed by atoms with Crippen molar-refractivity contribution in [2.45, 2.75) is 38.0 Å². The highest BCUT2D eigenvalue weighted by atomic mass is 35.5. The molecule has 1 aromatic carbocycles. The van der Waals surface area contributed by atoms with Crippen molar-refractivity contribution < 1.29 is 21.6 Å². The van der Waals surface area contributed by atoms with E-state index in [1.165, 1.54) is 11.8 Å². The summed E-state index contributed by atoms with van der Waals surface area (Å²) in [6.07, 6.45) is 1.38. The minimum atomic E-state index is -3.75. The third-order valence-corrected chi connectivity index (χ3v) is 8.51. The van der Waals surface area contributed by atoms with Crippen LogP contribution in [0.3, 0.4) is 0 Å². The molecule has 1 saturated heterocycles. The number of nitrogens with zero attached hydrogens (tertiary/aromatic N) is 3. The highest BCUT2D eigenvalue weighted by molar-refractivity contribution is 7.91. The minimum Gasteiger partial charge on any atom is -0.329 e. The number of aromatic nitrogens is 2. The molecule has 0 bridgehead atoms. The molecule has 0 saturated carbocycles. The third kappa shape index (κ3) is 4.98. The first-order valence-corrected chi connectivity index (χ1v) is 13.2. The molecular formula is C19H22ClN3O5S2. The minimum absolute atomic E-state index is 0.0116. The van der Waals surface area contributed by atoms with Gasteiger partial charge in [-0.05, 0) is 18.9 Å². The van der Waals surface area contributed by atoms with E-state index in [0.29, 0.717) is 6.42 Å². The van der Waals surface area contributed by atoms with Gasteiger partial charge in [0.15, 0.2) is 15.5 Å². The summed E-state index contributed by atoms with van der Waals surface area (Å²) in [5, 5.41) is -0.572. The van der Waals surface area contributed by atoms with Gasteiger partial charge in [-0.3, -0.25) is 4.79 Å². The second kappa shape index (κ2) is 8.60. The molecule has 8 nitrogen and oxygen atoms in total. The maximum Gasteiger partial charge on any atom is 0.274 e. The molecular weight excluding hydrogens is 450 g/mol. The van der Waals surface area contributed by atoms with Crippen molar-refractivity contribution >= 4 is 37.2 Å². The molecule has 2 heterocycles. The SMILES string of the molecule is CCS(=O)(=O)c1ncc(Cl)c(C(=O)N(Cc2ccc(C)cc2)[C@@H]2CCS(=O)(=O)C2)n1. The van der Waals surface area contributed by atoms with Crippen LogP contribution in [-0.4, -0.2) is 60.9 Å². The molecule has 1 aliphatic rings. The highest BCUT2D eigenvalue weighted by Gasteiger charge is 2.36. The van der Waals surface area contributed by atoms with E-state index in [0.717, 1.165) is 17.3 Å². The Morgan fingerprint density at radius 1 is 1.27 bits per heavy atom. The lowest BCUT2D eigenvalue weighted by Crippen LogP contribution is -2.41. The van der Waals surface area contributed by atoms with Gasteiger partial charge >= 0.3 is 0 Å². The van der Waals surface area contributed by atoms with Gasteiger partial charge in [0, 0.05) is 12.6 Å². The summed E-state index contributed by atoms with van der Waals surface area (Å²) in [6.45, 7) is 3.53. The lowest BCUT2D eigenvalue weighted by molar-refractivity contribution is 0.0674. The van der Waals surface area contributed by atoms with Gasteiger partial charge in [-0.25, -0.2) is 26.8 Å². The standard InChI is InChI=1S/C19H22ClN3O5S2/c1-3-30(27,28)19-21-10-16(20)17(22-19)18(24)23(15-8-9-29(25,26)12-15)11-14-6-4-13(2)5-7-14/h4-7,10,15H,3,8-9,11-12H2,1-2H3/t15-/m1/s1. The average molecular weight is 472 g/mol. The molecule has 1 amide bonds. The van der Waals surface area contributed by atoms with Crippen LogP contribution >= 0.6 is 11.6 Å². The van der Waals surface area contributed by atoms with Crippen LogP contribution in [0, 0.1) is 6.92 Å². The Labute approximate surface area is 181 Å². The summed E-state index contributed by atoms with van der Waals surface area (Å²) in [6, 6.07) is 6.95. The number of benzene rings is 1. The number of aryl methyl sites for hydroxylation is 1. The van der Waals surface area contributed by atoms with E-state index in [-0.39, 0.29) is 34.5 Å². The third-order valence-electron chi connectivity index (χ3n) is 4.97. The summed E-state index contributed by atoms with van der Waals surface area (Å²) in [5.74, 6) is -1.02. The number of rotatable bonds is 6. The molecule has 0 N–H and O–H groups in total. The molecule has 0 unspecified atom stereocenters. The van der Waals surface area contributed by atoms with Crippen LogP contribution in [0.2, 0.25) is 5.02 Å². The quantitative estimate of drug-likeness (QED) is 0.592. The Kier molecular flexibility index (Phi) is 6.49. The van der Waals surface area contributed by atoms with Gasteiger partial charge in [0.2, 0.25) is 15.0 Å². The Morgan fingerprint density at radius 3 is 2.50 bits per heavy atom. The zero-order valence-corrected chi connectivity index (χ0v) is 19.0. The lowest BCUT2D eigenvalue weighted by Gasteiger charge is -2.28.